The first kappa shape index (κ1) is 26.6. The van der Waals surface area contributed by atoms with Gasteiger partial charge in [0.1, 0.15) is 0 Å². The van der Waals surface area contributed by atoms with Crippen molar-refractivity contribution in [3.05, 3.63) is 131 Å². The molecule has 4 aromatic rings. The predicted octanol–water partition coefficient (Wildman–Crippen LogP) is 5.40. The molecule has 38 heavy (non-hydrogen) atoms. The number of para-hydroxylation sites is 2. The van der Waals surface area contributed by atoms with E-state index >= 15 is 0 Å². The van der Waals surface area contributed by atoms with E-state index in [9.17, 15) is 18.0 Å². The summed E-state index contributed by atoms with van der Waals surface area (Å²) in [6.07, 6.45) is 1.11. The maximum atomic E-state index is 13.5. The summed E-state index contributed by atoms with van der Waals surface area (Å²) in [6.45, 7) is 1.96. The van der Waals surface area contributed by atoms with Crippen molar-refractivity contribution in [2.75, 3.05) is 15.9 Å². The molecule has 8 heteroatoms. The molecule has 0 spiro atoms. The van der Waals surface area contributed by atoms with E-state index in [1.165, 1.54) is 4.31 Å². The molecule has 0 aromatic heterocycles. The van der Waals surface area contributed by atoms with Crippen molar-refractivity contribution in [1.29, 1.82) is 0 Å². The fourth-order valence-electron chi connectivity index (χ4n) is 4.09. The molecule has 2 amide bonds. The van der Waals surface area contributed by atoms with Crippen LogP contribution >= 0.6 is 0 Å². The van der Waals surface area contributed by atoms with Gasteiger partial charge in [-0.1, -0.05) is 84.9 Å². The maximum Gasteiger partial charge on any atom is 0.257 e. The number of nitrogens with zero attached hydrogens (tertiary/aromatic N) is 1. The Bertz CT molecular complexity index is 1520. The van der Waals surface area contributed by atoms with Gasteiger partial charge in [-0.2, -0.15) is 0 Å². The Balaban J connectivity index is 1.60. The third-order valence-corrected chi connectivity index (χ3v) is 7.18. The minimum absolute atomic E-state index is 0.0698. The van der Waals surface area contributed by atoms with E-state index in [-0.39, 0.29) is 29.7 Å². The second-order valence-corrected chi connectivity index (χ2v) is 10.8. The summed E-state index contributed by atoms with van der Waals surface area (Å²) in [7, 11) is -3.72. The summed E-state index contributed by atoms with van der Waals surface area (Å²) in [4.78, 5) is 26.6. The molecule has 4 rings (SSSR count). The minimum Gasteiger partial charge on any atom is -0.345 e. The van der Waals surface area contributed by atoms with E-state index in [2.05, 4.69) is 10.6 Å². The van der Waals surface area contributed by atoms with E-state index in [0.717, 1.165) is 17.4 Å². The number of carbonyl (C=O) groups is 2. The summed E-state index contributed by atoms with van der Waals surface area (Å²) in [5.41, 5.74) is 2.76. The van der Waals surface area contributed by atoms with Crippen molar-refractivity contribution in [3.8, 4) is 0 Å². The van der Waals surface area contributed by atoms with Gasteiger partial charge in [-0.3, -0.25) is 13.9 Å². The molecule has 0 fully saturated rings. The van der Waals surface area contributed by atoms with Crippen molar-refractivity contribution in [2.45, 2.75) is 19.5 Å². The molecule has 1 atom stereocenters. The second-order valence-electron chi connectivity index (χ2n) is 8.88. The van der Waals surface area contributed by atoms with Crippen molar-refractivity contribution in [2.24, 2.45) is 0 Å². The number of hydrogen-bond acceptors (Lipinski definition) is 4. The van der Waals surface area contributed by atoms with Crippen LogP contribution in [0.2, 0.25) is 0 Å². The summed E-state index contributed by atoms with van der Waals surface area (Å²) >= 11 is 0. The Morgan fingerprint density at radius 1 is 0.737 bits per heavy atom. The van der Waals surface area contributed by atoms with Crippen LogP contribution in [0, 0.1) is 0 Å². The van der Waals surface area contributed by atoms with E-state index in [1.54, 1.807) is 48.5 Å². The van der Waals surface area contributed by atoms with Crippen LogP contribution in [0.3, 0.4) is 0 Å². The van der Waals surface area contributed by atoms with Crippen LogP contribution in [-0.4, -0.2) is 26.5 Å². The van der Waals surface area contributed by atoms with Gasteiger partial charge in [-0.25, -0.2) is 8.42 Å². The highest BCUT2D eigenvalue weighted by Gasteiger charge is 2.24. The van der Waals surface area contributed by atoms with Gasteiger partial charge in [0.15, 0.2) is 0 Å². The van der Waals surface area contributed by atoms with Crippen LogP contribution in [0.1, 0.15) is 44.8 Å². The number of carbonyl (C=O) groups excluding carboxylic acids is 2. The molecule has 2 N–H and O–H groups in total. The number of benzene rings is 4. The number of rotatable bonds is 9. The molecule has 7 nitrogen and oxygen atoms in total. The molecule has 0 saturated heterocycles. The van der Waals surface area contributed by atoms with Crippen LogP contribution in [0.5, 0.6) is 0 Å². The average Bonchev–Trinajstić information content (AvgIpc) is 2.92. The van der Waals surface area contributed by atoms with Crippen LogP contribution in [-0.2, 0) is 16.6 Å². The quantitative estimate of drug-likeness (QED) is 0.305. The lowest BCUT2D eigenvalue weighted by atomic mass is 10.1. The van der Waals surface area contributed by atoms with E-state index < -0.39 is 15.9 Å². The molecule has 0 unspecified atom stereocenters. The summed E-state index contributed by atoms with van der Waals surface area (Å²) in [5, 5.41) is 5.77. The first-order chi connectivity index (χ1) is 18.2. The molecule has 0 heterocycles. The van der Waals surface area contributed by atoms with Gasteiger partial charge in [0, 0.05) is 0 Å². The van der Waals surface area contributed by atoms with Gasteiger partial charge in [-0.15, -0.1) is 0 Å². The van der Waals surface area contributed by atoms with Crippen molar-refractivity contribution >= 4 is 33.2 Å². The molecule has 0 saturated carbocycles. The number of anilines is 2. The van der Waals surface area contributed by atoms with Crippen LogP contribution in [0.15, 0.2) is 109 Å². The third-order valence-electron chi connectivity index (χ3n) is 6.05. The number of sulfonamides is 1. The minimum atomic E-state index is -3.72. The Morgan fingerprint density at radius 2 is 1.29 bits per heavy atom. The smallest absolute Gasteiger partial charge is 0.257 e. The van der Waals surface area contributed by atoms with Gasteiger partial charge in [-0.05, 0) is 42.3 Å². The van der Waals surface area contributed by atoms with E-state index in [1.807, 2.05) is 67.6 Å². The molecule has 0 bridgehead atoms. The standard InChI is InChI=1S/C30H29N3O4S/c1-22(24-15-7-4-8-16-24)31-29(34)25-17-9-11-19-27(25)32-30(35)26-18-10-12-20-28(26)33(38(2,36)37)21-23-13-5-3-6-14-23/h3-20,22H,21H2,1-2H3,(H,31,34)(H,32,35)/t22-/m1/s1. The number of amides is 2. The molecular weight excluding hydrogens is 498 g/mol. The van der Waals surface area contributed by atoms with Gasteiger partial charge in [0.25, 0.3) is 11.8 Å². The lowest BCUT2D eigenvalue weighted by Gasteiger charge is -2.25. The highest BCUT2D eigenvalue weighted by atomic mass is 32.2. The highest BCUT2D eigenvalue weighted by molar-refractivity contribution is 7.92. The Morgan fingerprint density at radius 3 is 1.95 bits per heavy atom. The summed E-state index contributed by atoms with van der Waals surface area (Å²) in [5.74, 6) is -0.869. The molecule has 4 aromatic carbocycles. The Kier molecular flexibility index (Phi) is 8.23. The third kappa shape index (κ3) is 6.46. The summed E-state index contributed by atoms with van der Waals surface area (Å²) in [6, 6.07) is 31.7. The van der Waals surface area contributed by atoms with E-state index in [0.29, 0.717) is 11.3 Å². The van der Waals surface area contributed by atoms with Crippen molar-refractivity contribution < 1.29 is 18.0 Å². The van der Waals surface area contributed by atoms with Crippen LogP contribution < -0.4 is 14.9 Å². The molecule has 194 valence electrons. The zero-order valence-electron chi connectivity index (χ0n) is 21.2. The lowest BCUT2D eigenvalue weighted by Crippen LogP contribution is -2.31. The largest absolute Gasteiger partial charge is 0.345 e. The highest BCUT2D eigenvalue weighted by Crippen LogP contribution is 2.27. The molecule has 0 aliphatic rings. The normalized spacial score (nSPS) is 11.8. The lowest BCUT2D eigenvalue weighted by molar-refractivity contribution is 0.0940. The zero-order chi connectivity index (χ0) is 27.1. The molecule has 0 aliphatic heterocycles. The first-order valence-electron chi connectivity index (χ1n) is 12.1. The second kappa shape index (κ2) is 11.7. The van der Waals surface area contributed by atoms with Gasteiger partial charge in [0.2, 0.25) is 10.0 Å². The fraction of sp³-hybridized carbons (Fsp3) is 0.133. The topological polar surface area (TPSA) is 95.6 Å². The molecule has 0 aliphatic carbocycles. The van der Waals surface area contributed by atoms with Gasteiger partial charge < -0.3 is 10.6 Å². The molecular formula is C30H29N3O4S. The van der Waals surface area contributed by atoms with Crippen molar-refractivity contribution in [3.63, 3.8) is 0 Å². The van der Waals surface area contributed by atoms with Crippen LogP contribution in [0.4, 0.5) is 11.4 Å². The van der Waals surface area contributed by atoms with Crippen LogP contribution in [0.25, 0.3) is 0 Å². The van der Waals surface area contributed by atoms with Gasteiger partial charge in [0.05, 0.1) is 41.3 Å². The average molecular weight is 528 g/mol. The van der Waals surface area contributed by atoms with Crippen molar-refractivity contribution in [1.82, 2.24) is 5.32 Å². The van der Waals surface area contributed by atoms with E-state index in [4.69, 9.17) is 0 Å². The summed E-state index contributed by atoms with van der Waals surface area (Å²) < 4.78 is 26.8. The molecule has 0 radical (unpaired) electrons. The van der Waals surface area contributed by atoms with Gasteiger partial charge >= 0.3 is 0 Å². The Labute approximate surface area is 223 Å². The predicted molar refractivity (Wildman–Crippen MR) is 151 cm³/mol. The number of nitrogens with one attached hydrogen (secondary N) is 2. The zero-order valence-corrected chi connectivity index (χ0v) is 22.0. The first-order valence-corrected chi connectivity index (χ1v) is 14.0. The number of hydrogen-bond donors (Lipinski definition) is 2. The Hall–Kier alpha value is -4.43. The fourth-order valence-corrected chi connectivity index (χ4v) is 4.99. The monoisotopic (exact) mass is 527 g/mol. The SMILES string of the molecule is C[C@@H](NC(=O)c1ccccc1NC(=O)c1ccccc1N(Cc1ccccc1)S(C)(=O)=O)c1ccccc1. The maximum absolute atomic E-state index is 13.5.